The number of benzene rings is 6. The van der Waals surface area contributed by atoms with Crippen molar-refractivity contribution in [2.24, 2.45) is 35.5 Å². The number of phenolic OH excluding ortho intramolecular Hbond substituents is 2. The summed E-state index contributed by atoms with van der Waals surface area (Å²) in [6, 6.07) is 36.8. The van der Waals surface area contributed by atoms with Gasteiger partial charge in [0.2, 0.25) is 0 Å². The van der Waals surface area contributed by atoms with Gasteiger partial charge < -0.3 is 55.2 Å². The molecule has 2 bridgehead atoms. The summed E-state index contributed by atoms with van der Waals surface area (Å²) in [6.45, 7) is 5.97. The molecule has 3 saturated carbocycles. The Morgan fingerprint density at radius 3 is 2.40 bits per heavy atom. The van der Waals surface area contributed by atoms with Crippen molar-refractivity contribution in [3.63, 3.8) is 0 Å². The highest BCUT2D eigenvalue weighted by atomic mass is 33.1. The maximum Gasteiger partial charge on any atom is 0.186 e. The molecule has 6 aromatic carbocycles. The Morgan fingerprint density at radius 2 is 1.62 bits per heavy atom. The second-order valence-electron chi connectivity index (χ2n) is 28.0. The molecule has 3 fully saturated rings. The first-order chi connectivity index (χ1) is 45.7. The number of aliphatic hydroxyl groups excluding tert-OH is 4. The molecule has 16 heteroatoms. The van der Waals surface area contributed by atoms with Crippen LogP contribution in [0.3, 0.4) is 0 Å². The molecule has 0 spiro atoms. The number of hydrogen-bond acceptors (Lipinski definition) is 15. The molecule has 12 nitrogen and oxygen atoms in total. The number of aromatic amines is 1. The lowest BCUT2D eigenvalue weighted by Gasteiger charge is -2.53. The molecule has 3 aliphatic carbocycles. The minimum absolute atomic E-state index is 0.000744. The smallest absolute Gasteiger partial charge is 0.186 e. The van der Waals surface area contributed by atoms with Gasteiger partial charge in [0, 0.05) is 64.9 Å². The van der Waals surface area contributed by atoms with Gasteiger partial charge in [0.1, 0.15) is 11.9 Å². The summed E-state index contributed by atoms with van der Waals surface area (Å²) in [5, 5.41) is 80.2. The summed E-state index contributed by atoms with van der Waals surface area (Å²) in [6.07, 6.45) is 13.7. The summed E-state index contributed by atoms with van der Waals surface area (Å²) >= 11 is 0. The van der Waals surface area contributed by atoms with Crippen LogP contribution in [-0.2, 0) is 54.3 Å². The van der Waals surface area contributed by atoms with E-state index in [2.05, 4.69) is 85.7 Å². The fraction of sp³-hybridized carbons (Fsp3) is 0.500. The molecule has 94 heavy (non-hydrogen) atoms. The maximum absolute atomic E-state index is 18.0. The van der Waals surface area contributed by atoms with Crippen molar-refractivity contribution < 1.29 is 49.6 Å². The normalized spacial score (nSPS) is 27.8. The average Bonchev–Trinajstić information content (AvgIpc) is 0.730. The Bertz CT molecular complexity index is 3730. The third-order valence-corrected chi connectivity index (χ3v) is 27.3. The number of nitrogens with one attached hydrogen (secondary N) is 2. The molecule has 8 N–H and O–H groups in total. The van der Waals surface area contributed by atoms with Gasteiger partial charge in [-0.1, -0.05) is 150 Å². The van der Waals surface area contributed by atoms with E-state index in [1.165, 1.54) is 11.1 Å². The Balaban J connectivity index is 1.04. The molecule has 5 aliphatic rings. The van der Waals surface area contributed by atoms with Gasteiger partial charge in [0.05, 0.1) is 36.6 Å². The number of Topliss-reactive ketones (excluding diaryl/α,β-unsaturated/α-hetero) is 1. The van der Waals surface area contributed by atoms with Crippen LogP contribution in [0.25, 0.3) is 10.8 Å². The summed E-state index contributed by atoms with van der Waals surface area (Å²) in [7, 11) is 10.2. The van der Waals surface area contributed by atoms with E-state index < -0.39 is 58.9 Å². The first-order valence-electron chi connectivity index (χ1n) is 34.4. The minimum Gasteiger partial charge on any atom is -0.508 e. The minimum atomic E-state index is -1.78. The highest BCUT2D eigenvalue weighted by Gasteiger charge is 2.62. The van der Waals surface area contributed by atoms with Crippen molar-refractivity contribution in [2.45, 2.75) is 164 Å². The second kappa shape index (κ2) is 30.7. The Morgan fingerprint density at radius 1 is 0.809 bits per heavy atom. The molecule has 12 rings (SSSR count). The number of ether oxygens (including phenoxy) is 3. The van der Waals surface area contributed by atoms with Crippen LogP contribution in [-0.4, -0.2) is 105 Å². The van der Waals surface area contributed by atoms with E-state index in [0.717, 1.165) is 138 Å². The summed E-state index contributed by atoms with van der Waals surface area (Å²) in [4.78, 5) is 21.2. The van der Waals surface area contributed by atoms with Crippen molar-refractivity contribution in [3.05, 3.63) is 183 Å². The summed E-state index contributed by atoms with van der Waals surface area (Å²) in [5.41, 5.74) is 8.18. The van der Waals surface area contributed by atoms with E-state index in [9.17, 15) is 30.6 Å². The molecule has 12 unspecified atom stereocenters. The van der Waals surface area contributed by atoms with Gasteiger partial charge in [-0.2, -0.15) is 0 Å². The predicted molar refractivity (Wildman–Crippen MR) is 385 cm³/mol. The zero-order chi connectivity index (χ0) is 65.7. The number of ketones is 1. The van der Waals surface area contributed by atoms with E-state index in [1.54, 1.807) is 62.4 Å². The first kappa shape index (κ1) is 68.7. The highest BCUT2D eigenvalue weighted by Crippen LogP contribution is 2.58. The molecule has 0 saturated heterocycles. The van der Waals surface area contributed by atoms with Gasteiger partial charge in [-0.25, -0.2) is 0 Å². The van der Waals surface area contributed by atoms with Crippen LogP contribution < -0.4 is 19.5 Å². The van der Waals surface area contributed by atoms with E-state index in [4.69, 9.17) is 14.2 Å². The lowest BCUT2D eigenvalue weighted by molar-refractivity contribution is -0.150. The number of carbonyl (C=O) groups excluding carboxylic acids is 1. The molecule has 0 radical (unpaired) electrons. The fourth-order valence-electron chi connectivity index (χ4n) is 17.1. The molecule has 12 atom stereocenters. The van der Waals surface area contributed by atoms with Gasteiger partial charge in [0.25, 0.3) is 0 Å². The van der Waals surface area contributed by atoms with Gasteiger partial charge in [-0.15, -0.1) is 0 Å². The zero-order valence-electron chi connectivity index (χ0n) is 55.2. The largest absolute Gasteiger partial charge is 0.508 e. The van der Waals surface area contributed by atoms with E-state index >= 15 is 4.79 Å². The van der Waals surface area contributed by atoms with E-state index in [0.29, 0.717) is 65.4 Å². The van der Waals surface area contributed by atoms with Gasteiger partial charge >= 0.3 is 0 Å². The number of methoxy groups -OCH3 is 1. The molecule has 502 valence electrons. The molecular weight excluding hydrogens is 1250 g/mol. The third-order valence-electron chi connectivity index (χ3n) is 22.0. The third kappa shape index (κ3) is 14.2. The van der Waals surface area contributed by atoms with Crippen LogP contribution in [0, 0.1) is 35.5 Å². The van der Waals surface area contributed by atoms with Gasteiger partial charge in [-0.05, 0) is 217 Å². The number of H-pyrrole nitrogens is 1. The second-order valence-corrected chi connectivity index (χ2v) is 33.1. The number of aliphatic hydroxyl groups is 4. The lowest BCUT2D eigenvalue weighted by atomic mass is 9.52. The standard InChI is InChI=1S/C78H96N2O10S4/c1-6-52-21-22-53-16-10-17-62-70(42-81)94-93-44-58-35-71(85)78(65-45-92-91-43-56-15-7-8-18-67(56)90-69-34-55(65)24-26-68(69)89-46-82,60-36-59(37-61(83)38-60)77(79-4)28-11-14-50(40-77)31-49-13-9-12-48(30-49)20-19-47(2)3)76(87)73(58)74(86)57(32-51-27-29-80-41-51)33-54-23-25-66(84)75(88-5)64(54)39-63(52)72(53)62/h9-10,12-13,16-17,21-27,29-30,34,36-38,41,47,50,56-58,65,67,70-71,73-74,79-86H,6-8,11,14-15,18-20,28,31-33,35,39-40,42-46H2,1-5H3. The number of phenols is 2. The molecule has 0 amide bonds. The number of aromatic nitrogens is 1. The van der Waals surface area contributed by atoms with Crippen molar-refractivity contribution in [1.82, 2.24) is 10.3 Å². The molecule has 1 aromatic heterocycles. The van der Waals surface area contributed by atoms with Crippen LogP contribution in [0.4, 0.5) is 0 Å². The number of fused-ring (bicyclic) bond motifs is 5. The number of hydrogen-bond donors (Lipinski definition) is 8. The SMILES string of the molecule is CCc1ccc2cccc3c2c1Cc1c(ccc(O)c1OC)CC(Cc1cc[nH]c1)C(O)C1C(=O)C(c2cc(O)cc(C4(NC)CCCC(Cc5cccc(CCC(C)C)c5)C4)c2)(C2CSSCC4CCCCC4Oc4cc2ccc4OCO)C(O)CC1CSSC3CO. The van der Waals surface area contributed by atoms with E-state index in [1.807, 2.05) is 61.9 Å². The number of aromatic hydroxyl groups is 2. The number of carbonyl (C=O) groups is 1. The van der Waals surface area contributed by atoms with Crippen LogP contribution in [0.2, 0.25) is 0 Å². The van der Waals surface area contributed by atoms with Crippen molar-refractivity contribution in [3.8, 4) is 28.7 Å². The van der Waals surface area contributed by atoms with Crippen molar-refractivity contribution >= 4 is 59.7 Å². The predicted octanol–water partition coefficient (Wildman–Crippen LogP) is 15.3. The van der Waals surface area contributed by atoms with Crippen LogP contribution >= 0.6 is 43.2 Å². The van der Waals surface area contributed by atoms with Crippen molar-refractivity contribution in [1.29, 1.82) is 0 Å². The van der Waals surface area contributed by atoms with Crippen LogP contribution in [0.1, 0.15) is 157 Å². The topological polar surface area (TPSA) is 194 Å². The Hall–Kier alpha value is -5.27. The first-order valence-corrected chi connectivity index (χ1v) is 39.3. The average molecular weight is 1350 g/mol. The van der Waals surface area contributed by atoms with Crippen LogP contribution in [0.15, 0.2) is 122 Å². The number of aryl methyl sites for hydroxylation is 2. The van der Waals surface area contributed by atoms with Crippen LogP contribution in [0.5, 0.6) is 28.7 Å². The monoisotopic (exact) mass is 1350 g/mol. The quantitative estimate of drug-likeness (QED) is 0.0336. The van der Waals surface area contributed by atoms with Crippen molar-refractivity contribution in [2.75, 3.05) is 44.8 Å². The maximum atomic E-state index is 18.0. The Kier molecular flexibility index (Phi) is 22.4. The summed E-state index contributed by atoms with van der Waals surface area (Å²) in [5.74, 6) is 0.650. The van der Waals surface area contributed by atoms with Gasteiger partial charge in [-0.3, -0.25) is 4.79 Å². The Labute approximate surface area is 571 Å². The highest BCUT2D eigenvalue weighted by molar-refractivity contribution is 8.77. The fourth-order valence-corrected chi connectivity index (χ4v) is 22.9. The zero-order valence-corrected chi connectivity index (χ0v) is 58.5. The molecule has 2 aliphatic heterocycles. The van der Waals surface area contributed by atoms with E-state index in [-0.39, 0.29) is 42.3 Å². The molecule has 3 heterocycles. The molecular formula is C78H96N2O10S4. The summed E-state index contributed by atoms with van der Waals surface area (Å²) < 4.78 is 19.2. The number of rotatable bonds is 16. The lowest BCUT2D eigenvalue weighted by Crippen LogP contribution is -2.62. The molecule has 7 aromatic rings. The van der Waals surface area contributed by atoms with Gasteiger partial charge in [0.15, 0.2) is 35.6 Å².